The predicted octanol–water partition coefficient (Wildman–Crippen LogP) is 4.16. The first-order valence-corrected chi connectivity index (χ1v) is 15.6. The zero-order valence-electron chi connectivity index (χ0n) is 23.3. The number of nitrogens with two attached hydrogens (primary N) is 1. The van der Waals surface area contributed by atoms with E-state index in [0.717, 1.165) is 38.9 Å². The number of carbonyl (C=O) groups excluding carboxylic acids is 1. The van der Waals surface area contributed by atoms with Gasteiger partial charge in [0.25, 0.3) is 5.91 Å². The van der Waals surface area contributed by atoms with E-state index in [4.69, 9.17) is 10.5 Å². The summed E-state index contributed by atoms with van der Waals surface area (Å²) in [6, 6.07) is 18.1. The summed E-state index contributed by atoms with van der Waals surface area (Å²) in [6.07, 6.45) is 5.65. The zero-order chi connectivity index (χ0) is 28.8. The highest BCUT2D eigenvalue weighted by atomic mass is 32.2. The minimum atomic E-state index is -3.30. The van der Waals surface area contributed by atoms with Crippen LogP contribution >= 0.6 is 0 Å². The van der Waals surface area contributed by atoms with Gasteiger partial charge in [-0.15, -0.1) is 0 Å². The van der Waals surface area contributed by atoms with Crippen molar-refractivity contribution < 1.29 is 17.9 Å². The molecule has 1 amide bonds. The molecule has 0 spiro atoms. The standard InChI is InChI=1S/C31H37N5O4S/c1-40-14-5-15-41(38,39)36-12-9-23(10-13-36)29-21-35-30-27(29)17-25(18-28(30)31(32)37)24-7-4-6-22(16-24)19-33-20-26-8-2-3-11-34-26/h2-4,6-8,11,16-18,21,23,33,35H,5,9-10,12-15,19-20H2,1H3,(H2,32,37). The topological polar surface area (TPSA) is 130 Å². The number of sulfonamides is 1. The van der Waals surface area contributed by atoms with Gasteiger partial charge < -0.3 is 20.8 Å². The van der Waals surface area contributed by atoms with E-state index in [0.29, 0.717) is 57.6 Å². The molecule has 0 unspecified atom stereocenters. The molecule has 0 bridgehead atoms. The number of hydrogen-bond acceptors (Lipinski definition) is 6. The van der Waals surface area contributed by atoms with E-state index in [-0.39, 0.29) is 11.7 Å². The molecule has 1 fully saturated rings. The molecule has 1 saturated heterocycles. The number of piperidine rings is 1. The Kier molecular flexibility index (Phi) is 9.14. The smallest absolute Gasteiger partial charge is 0.250 e. The van der Waals surface area contributed by atoms with Gasteiger partial charge in [0.2, 0.25) is 10.0 Å². The van der Waals surface area contributed by atoms with Crippen LogP contribution in [0.3, 0.4) is 0 Å². The summed E-state index contributed by atoms with van der Waals surface area (Å²) < 4.78 is 32.1. The fraction of sp³-hybridized carbons (Fsp3) is 0.355. The first kappa shape index (κ1) is 28.9. The van der Waals surface area contributed by atoms with Crippen LogP contribution in [0, 0.1) is 0 Å². The molecule has 1 aliphatic rings. The second kappa shape index (κ2) is 12.9. The number of pyridine rings is 1. The molecule has 3 heterocycles. The van der Waals surface area contributed by atoms with Gasteiger partial charge in [0.15, 0.2) is 0 Å². The normalized spacial score (nSPS) is 15.0. The Hall–Kier alpha value is -3.57. The fourth-order valence-corrected chi connectivity index (χ4v) is 7.12. The molecule has 0 radical (unpaired) electrons. The number of amides is 1. The van der Waals surface area contributed by atoms with Crippen molar-refractivity contribution >= 4 is 26.8 Å². The van der Waals surface area contributed by atoms with Gasteiger partial charge in [-0.05, 0) is 77.8 Å². The van der Waals surface area contributed by atoms with Crippen LogP contribution in [-0.2, 0) is 27.8 Å². The quantitative estimate of drug-likeness (QED) is 0.218. The van der Waals surface area contributed by atoms with Crippen LogP contribution < -0.4 is 11.1 Å². The number of nitrogens with zero attached hydrogens (tertiary/aromatic N) is 2. The Bertz CT molecular complexity index is 1600. The first-order valence-electron chi connectivity index (χ1n) is 14.0. The molecule has 10 heteroatoms. The Morgan fingerprint density at radius 1 is 1.10 bits per heavy atom. The summed E-state index contributed by atoms with van der Waals surface area (Å²) in [5, 5.41) is 4.39. The molecule has 1 aliphatic heterocycles. The number of H-pyrrole nitrogens is 1. The number of benzene rings is 2. The lowest BCUT2D eigenvalue weighted by atomic mass is 9.88. The molecule has 4 N–H and O–H groups in total. The molecule has 4 aromatic rings. The molecular weight excluding hydrogens is 538 g/mol. The molecular formula is C31H37N5O4S. The number of hydrogen-bond donors (Lipinski definition) is 3. The summed E-state index contributed by atoms with van der Waals surface area (Å²) in [7, 11) is -1.73. The van der Waals surface area contributed by atoms with E-state index in [1.165, 1.54) is 0 Å². The van der Waals surface area contributed by atoms with E-state index >= 15 is 0 Å². The van der Waals surface area contributed by atoms with Gasteiger partial charge in [-0.2, -0.15) is 0 Å². The van der Waals surface area contributed by atoms with Crippen molar-refractivity contribution in [2.75, 3.05) is 32.6 Å². The van der Waals surface area contributed by atoms with Gasteiger partial charge in [-0.25, -0.2) is 12.7 Å². The summed E-state index contributed by atoms with van der Waals surface area (Å²) in [6.45, 7) is 2.73. The maximum absolute atomic E-state index is 12.8. The number of rotatable bonds is 12. The molecule has 216 valence electrons. The highest BCUT2D eigenvalue weighted by Gasteiger charge is 2.30. The molecule has 0 atom stereocenters. The second-order valence-corrected chi connectivity index (χ2v) is 12.6. The van der Waals surface area contributed by atoms with E-state index in [1.807, 2.05) is 42.6 Å². The lowest BCUT2D eigenvalue weighted by molar-refractivity contribution is 0.100. The number of methoxy groups -OCH3 is 1. The molecule has 41 heavy (non-hydrogen) atoms. The van der Waals surface area contributed by atoms with Crippen LogP contribution in [0.4, 0.5) is 0 Å². The zero-order valence-corrected chi connectivity index (χ0v) is 24.1. The Labute approximate surface area is 241 Å². The van der Waals surface area contributed by atoms with Gasteiger partial charge in [0.1, 0.15) is 0 Å². The molecule has 0 saturated carbocycles. The van der Waals surface area contributed by atoms with Crippen LogP contribution in [0.2, 0.25) is 0 Å². The van der Waals surface area contributed by atoms with Crippen molar-refractivity contribution in [2.24, 2.45) is 5.73 Å². The number of aromatic nitrogens is 2. The summed E-state index contributed by atoms with van der Waals surface area (Å²) in [5.74, 6) is -0.218. The van der Waals surface area contributed by atoms with Crippen LogP contribution in [0.5, 0.6) is 0 Å². The van der Waals surface area contributed by atoms with Crippen LogP contribution in [0.1, 0.15) is 52.4 Å². The van der Waals surface area contributed by atoms with Gasteiger partial charge in [0, 0.05) is 57.7 Å². The van der Waals surface area contributed by atoms with Crippen molar-refractivity contribution in [2.45, 2.75) is 38.3 Å². The SMILES string of the molecule is COCCCS(=O)(=O)N1CCC(c2c[nH]c3c(C(N)=O)cc(-c4cccc(CNCc5ccccn5)c4)cc23)CC1. The molecule has 0 aliphatic carbocycles. The minimum Gasteiger partial charge on any atom is -0.385 e. The van der Waals surface area contributed by atoms with Crippen molar-refractivity contribution in [3.8, 4) is 11.1 Å². The molecule has 2 aromatic heterocycles. The maximum atomic E-state index is 12.8. The predicted molar refractivity (Wildman–Crippen MR) is 161 cm³/mol. The third kappa shape index (κ3) is 6.84. The Morgan fingerprint density at radius 2 is 1.93 bits per heavy atom. The molecule has 9 nitrogen and oxygen atoms in total. The van der Waals surface area contributed by atoms with Crippen molar-refractivity contribution in [1.29, 1.82) is 0 Å². The maximum Gasteiger partial charge on any atom is 0.250 e. The number of primary amides is 1. The number of ether oxygens (including phenoxy) is 1. The summed E-state index contributed by atoms with van der Waals surface area (Å²) in [5.41, 5.74) is 12.1. The highest BCUT2D eigenvalue weighted by molar-refractivity contribution is 7.89. The minimum absolute atomic E-state index is 0.0989. The largest absolute Gasteiger partial charge is 0.385 e. The van der Waals surface area contributed by atoms with Crippen molar-refractivity contribution in [3.63, 3.8) is 0 Å². The first-order chi connectivity index (χ1) is 19.9. The third-order valence-corrected chi connectivity index (χ3v) is 9.70. The van der Waals surface area contributed by atoms with E-state index in [2.05, 4.69) is 33.5 Å². The van der Waals surface area contributed by atoms with Crippen LogP contribution in [0.25, 0.3) is 22.0 Å². The molecule has 2 aromatic carbocycles. The number of nitrogens with one attached hydrogen (secondary N) is 2. The van der Waals surface area contributed by atoms with E-state index in [9.17, 15) is 13.2 Å². The highest BCUT2D eigenvalue weighted by Crippen LogP contribution is 2.37. The van der Waals surface area contributed by atoms with Crippen LogP contribution in [0.15, 0.2) is 67.0 Å². The lowest BCUT2D eigenvalue weighted by Crippen LogP contribution is -2.39. The van der Waals surface area contributed by atoms with Gasteiger partial charge in [-0.1, -0.05) is 24.3 Å². The fourth-order valence-electron chi connectivity index (χ4n) is 5.61. The van der Waals surface area contributed by atoms with Crippen LogP contribution in [-0.4, -0.2) is 61.2 Å². The number of aromatic amines is 1. The summed E-state index contributed by atoms with van der Waals surface area (Å²) in [4.78, 5) is 20.1. The second-order valence-electron chi connectivity index (χ2n) is 10.5. The molecule has 5 rings (SSSR count). The monoisotopic (exact) mass is 575 g/mol. The average molecular weight is 576 g/mol. The van der Waals surface area contributed by atoms with Gasteiger partial charge in [0.05, 0.1) is 22.5 Å². The van der Waals surface area contributed by atoms with E-state index < -0.39 is 15.9 Å². The van der Waals surface area contributed by atoms with Crippen molar-refractivity contribution in [3.05, 3.63) is 89.4 Å². The third-order valence-electron chi connectivity index (χ3n) is 7.75. The number of carbonyl (C=O) groups is 1. The van der Waals surface area contributed by atoms with Crippen molar-refractivity contribution in [1.82, 2.24) is 19.6 Å². The van der Waals surface area contributed by atoms with Gasteiger partial charge in [-0.3, -0.25) is 9.78 Å². The lowest BCUT2D eigenvalue weighted by Gasteiger charge is -2.31. The average Bonchev–Trinajstić information content (AvgIpc) is 3.41. The number of fused-ring (bicyclic) bond motifs is 1. The Morgan fingerprint density at radius 3 is 2.66 bits per heavy atom. The van der Waals surface area contributed by atoms with Gasteiger partial charge >= 0.3 is 0 Å². The van der Waals surface area contributed by atoms with E-state index in [1.54, 1.807) is 17.6 Å². The Balaban J connectivity index is 1.36. The summed E-state index contributed by atoms with van der Waals surface area (Å²) >= 11 is 0.